The minimum Gasteiger partial charge on any atom is -0.452 e. The Labute approximate surface area is 168 Å². The number of nitrogens with zero attached hydrogens (tertiary/aromatic N) is 3. The molecule has 2 aromatic rings. The maximum absolute atomic E-state index is 12.4. The molecule has 0 aromatic carbocycles. The van der Waals surface area contributed by atoms with Crippen molar-refractivity contribution in [3.63, 3.8) is 0 Å². The average Bonchev–Trinajstić information content (AvgIpc) is 3.28. The molecule has 8 heteroatoms. The van der Waals surface area contributed by atoms with Crippen LogP contribution in [0.2, 0.25) is 5.15 Å². The summed E-state index contributed by atoms with van der Waals surface area (Å²) in [5, 5.41) is 12.6. The minimum absolute atomic E-state index is 0.205. The lowest BCUT2D eigenvalue weighted by molar-refractivity contribution is -0.119. The van der Waals surface area contributed by atoms with Gasteiger partial charge < -0.3 is 14.6 Å². The number of rotatable bonds is 5. The molecule has 0 spiro atoms. The van der Waals surface area contributed by atoms with Crippen LogP contribution in [0.25, 0.3) is 0 Å². The molecule has 0 radical (unpaired) electrons. The monoisotopic (exact) mass is 400 g/mol. The summed E-state index contributed by atoms with van der Waals surface area (Å²) >= 11 is 5.69. The Bertz CT molecular complexity index is 938. The van der Waals surface area contributed by atoms with Crippen molar-refractivity contribution in [3.05, 3.63) is 45.9 Å². The predicted molar refractivity (Wildman–Crippen MR) is 104 cm³/mol. The van der Waals surface area contributed by atoms with Gasteiger partial charge >= 0.3 is 5.97 Å². The van der Waals surface area contributed by atoms with Gasteiger partial charge in [0.15, 0.2) is 6.61 Å². The molecule has 1 N–H and O–H groups in total. The molecule has 0 aliphatic heterocycles. The highest BCUT2D eigenvalue weighted by atomic mass is 35.5. The zero-order chi connectivity index (χ0) is 20.3. The molecule has 0 saturated heterocycles. The third kappa shape index (κ3) is 4.02. The minimum atomic E-state index is -0.668. The Balaban J connectivity index is 1.73. The maximum Gasteiger partial charge on any atom is 0.340 e. The van der Waals surface area contributed by atoms with Crippen molar-refractivity contribution in [1.82, 2.24) is 9.55 Å². The van der Waals surface area contributed by atoms with Gasteiger partial charge in [-0.1, -0.05) is 24.4 Å². The lowest BCUT2D eigenvalue weighted by Gasteiger charge is -2.19. The fourth-order valence-electron chi connectivity index (χ4n) is 3.58. The van der Waals surface area contributed by atoms with E-state index in [1.165, 1.54) is 18.3 Å². The molecule has 0 atom stereocenters. The molecule has 28 heavy (non-hydrogen) atoms. The van der Waals surface area contributed by atoms with E-state index >= 15 is 0 Å². The van der Waals surface area contributed by atoms with E-state index in [4.69, 9.17) is 16.3 Å². The summed E-state index contributed by atoms with van der Waals surface area (Å²) in [6, 6.07) is 5.39. The quantitative estimate of drug-likeness (QED) is 0.605. The van der Waals surface area contributed by atoms with E-state index in [0.29, 0.717) is 11.4 Å². The average molecular weight is 401 g/mol. The fraction of sp³-hybridized carbons (Fsp3) is 0.400. The highest BCUT2D eigenvalue weighted by Crippen LogP contribution is 2.37. The first-order chi connectivity index (χ1) is 13.4. The van der Waals surface area contributed by atoms with E-state index in [9.17, 15) is 14.9 Å². The van der Waals surface area contributed by atoms with E-state index in [2.05, 4.69) is 16.4 Å². The van der Waals surface area contributed by atoms with Crippen LogP contribution in [0.15, 0.2) is 18.3 Å². The summed E-state index contributed by atoms with van der Waals surface area (Å²) in [5.41, 5.74) is 2.49. The van der Waals surface area contributed by atoms with Crippen LogP contribution in [-0.4, -0.2) is 28.0 Å². The first-order valence-corrected chi connectivity index (χ1v) is 9.50. The van der Waals surface area contributed by atoms with E-state index in [1.807, 2.05) is 18.4 Å². The van der Waals surface area contributed by atoms with Crippen LogP contribution in [0.1, 0.15) is 58.9 Å². The molecule has 2 heterocycles. The standard InChI is InChI=1S/C20H21ClN4O3/c1-12-13(2)25(15-5-3-4-6-15)19(16(12)9-22)24-18(26)11-28-20(27)14-7-8-17(21)23-10-14/h7-8,10,15H,3-6,11H2,1-2H3,(H,24,26). The van der Waals surface area contributed by atoms with E-state index < -0.39 is 18.5 Å². The molecule has 146 valence electrons. The number of carbonyl (C=O) groups is 2. The topological polar surface area (TPSA) is 97.0 Å². The number of carbonyl (C=O) groups excluding carboxylic acids is 2. The summed E-state index contributed by atoms with van der Waals surface area (Å²) in [7, 11) is 0. The van der Waals surface area contributed by atoms with Crippen LogP contribution < -0.4 is 5.32 Å². The summed E-state index contributed by atoms with van der Waals surface area (Å²) in [4.78, 5) is 28.2. The second-order valence-corrected chi connectivity index (χ2v) is 7.24. The summed E-state index contributed by atoms with van der Waals surface area (Å²) in [6.07, 6.45) is 5.57. The van der Waals surface area contributed by atoms with Crippen molar-refractivity contribution < 1.29 is 14.3 Å². The molecule has 1 saturated carbocycles. The number of nitrogens with one attached hydrogen (secondary N) is 1. The molecule has 7 nitrogen and oxygen atoms in total. The molecular weight excluding hydrogens is 380 g/mol. The number of nitriles is 1. The normalized spacial score (nSPS) is 13.9. The molecule has 1 fully saturated rings. The second-order valence-electron chi connectivity index (χ2n) is 6.85. The van der Waals surface area contributed by atoms with Crippen LogP contribution >= 0.6 is 11.6 Å². The summed E-state index contributed by atoms with van der Waals surface area (Å²) in [6.45, 7) is 3.38. The molecule has 3 rings (SSSR count). The van der Waals surface area contributed by atoms with Gasteiger partial charge in [-0.3, -0.25) is 4.79 Å². The van der Waals surface area contributed by atoms with Gasteiger partial charge in [0, 0.05) is 17.9 Å². The van der Waals surface area contributed by atoms with Crippen molar-refractivity contribution >= 4 is 29.3 Å². The van der Waals surface area contributed by atoms with Gasteiger partial charge in [-0.2, -0.15) is 5.26 Å². The third-order valence-electron chi connectivity index (χ3n) is 5.11. The first kappa shape index (κ1) is 19.9. The van der Waals surface area contributed by atoms with Crippen molar-refractivity contribution in [1.29, 1.82) is 5.26 Å². The van der Waals surface area contributed by atoms with Crippen LogP contribution in [0.4, 0.5) is 5.82 Å². The number of pyridine rings is 1. The van der Waals surface area contributed by atoms with Gasteiger partial charge in [0.1, 0.15) is 17.0 Å². The van der Waals surface area contributed by atoms with Crippen molar-refractivity contribution in [3.8, 4) is 6.07 Å². The number of hydrogen-bond acceptors (Lipinski definition) is 5. The van der Waals surface area contributed by atoms with E-state index in [1.54, 1.807) is 0 Å². The number of aromatic nitrogens is 2. The van der Waals surface area contributed by atoms with Gasteiger partial charge in [-0.15, -0.1) is 0 Å². The third-order valence-corrected chi connectivity index (χ3v) is 5.34. The van der Waals surface area contributed by atoms with Crippen molar-refractivity contribution in [2.24, 2.45) is 0 Å². The zero-order valence-electron chi connectivity index (χ0n) is 15.8. The molecule has 0 bridgehead atoms. The summed E-state index contributed by atoms with van der Waals surface area (Å²) in [5.74, 6) is -0.680. The Morgan fingerprint density at radius 2 is 2.07 bits per heavy atom. The number of amides is 1. The van der Waals surface area contributed by atoms with Crippen LogP contribution in [-0.2, 0) is 9.53 Å². The second kappa shape index (κ2) is 8.44. The van der Waals surface area contributed by atoms with Crippen LogP contribution in [0, 0.1) is 25.2 Å². The van der Waals surface area contributed by atoms with Gasteiger partial charge in [0.2, 0.25) is 0 Å². The molecular formula is C20H21ClN4O3. The SMILES string of the molecule is Cc1c(C#N)c(NC(=O)COC(=O)c2ccc(Cl)nc2)n(C2CCCC2)c1C. The van der Waals surface area contributed by atoms with Gasteiger partial charge in [-0.25, -0.2) is 9.78 Å². The van der Waals surface area contributed by atoms with Crippen molar-refractivity contribution in [2.75, 3.05) is 11.9 Å². The number of halogens is 1. The number of esters is 1. The van der Waals surface area contributed by atoms with Gasteiger partial charge in [0.05, 0.1) is 11.1 Å². The number of anilines is 1. The van der Waals surface area contributed by atoms with Crippen LogP contribution in [0.3, 0.4) is 0 Å². The van der Waals surface area contributed by atoms with Crippen LogP contribution in [0.5, 0.6) is 0 Å². The lowest BCUT2D eigenvalue weighted by Crippen LogP contribution is -2.24. The van der Waals surface area contributed by atoms with Crippen molar-refractivity contribution in [2.45, 2.75) is 45.6 Å². The van der Waals surface area contributed by atoms with E-state index in [0.717, 1.165) is 36.9 Å². The van der Waals surface area contributed by atoms with Gasteiger partial charge in [0.25, 0.3) is 5.91 Å². The molecule has 1 aliphatic carbocycles. The predicted octanol–water partition coefficient (Wildman–Crippen LogP) is 3.94. The Kier molecular flexibility index (Phi) is 6.00. The molecule has 1 amide bonds. The Morgan fingerprint density at radius 1 is 1.36 bits per heavy atom. The first-order valence-electron chi connectivity index (χ1n) is 9.12. The Hall–Kier alpha value is -2.85. The lowest BCUT2D eigenvalue weighted by atomic mass is 10.2. The largest absolute Gasteiger partial charge is 0.452 e. The summed E-state index contributed by atoms with van der Waals surface area (Å²) < 4.78 is 7.10. The molecule has 2 aromatic heterocycles. The highest BCUT2D eigenvalue weighted by molar-refractivity contribution is 6.29. The zero-order valence-corrected chi connectivity index (χ0v) is 16.5. The molecule has 0 unspecified atom stereocenters. The fourth-order valence-corrected chi connectivity index (χ4v) is 3.70. The number of hydrogen-bond donors (Lipinski definition) is 1. The molecule has 1 aliphatic rings. The number of ether oxygens (including phenoxy) is 1. The Morgan fingerprint density at radius 3 is 2.68 bits per heavy atom. The smallest absolute Gasteiger partial charge is 0.340 e. The van der Waals surface area contributed by atoms with Gasteiger partial charge in [-0.05, 0) is 44.4 Å². The van der Waals surface area contributed by atoms with E-state index in [-0.39, 0.29) is 16.8 Å². The highest BCUT2D eigenvalue weighted by Gasteiger charge is 2.26. The maximum atomic E-state index is 12.4.